The van der Waals surface area contributed by atoms with Gasteiger partial charge in [0.05, 0.1) is 24.0 Å². The Morgan fingerprint density at radius 1 is 1.48 bits per heavy atom. The van der Waals surface area contributed by atoms with E-state index in [9.17, 15) is 4.79 Å². The van der Waals surface area contributed by atoms with E-state index in [0.717, 1.165) is 18.7 Å². The zero-order valence-corrected chi connectivity index (χ0v) is 13.5. The summed E-state index contributed by atoms with van der Waals surface area (Å²) < 4.78 is 5.24. The molecular weight excluding hydrogens is 318 g/mol. The smallest absolute Gasteiger partial charge is 0.274 e. The van der Waals surface area contributed by atoms with Gasteiger partial charge < -0.3 is 15.4 Å². The standard InChI is InChI=1S/C15H18ClN5O2/c1-23-10-15(6-7-17-9-15)19-14(22)13-8-18-21(20-13)12-4-2-11(16)3-5-12/h2-5,8,17H,6-7,9-10H2,1H3,(H,19,22). The van der Waals surface area contributed by atoms with Crippen LogP contribution in [0.2, 0.25) is 5.02 Å². The van der Waals surface area contributed by atoms with Crippen LogP contribution in [-0.2, 0) is 4.74 Å². The van der Waals surface area contributed by atoms with Gasteiger partial charge in [-0.3, -0.25) is 4.79 Å². The highest BCUT2D eigenvalue weighted by Gasteiger charge is 2.36. The highest BCUT2D eigenvalue weighted by atomic mass is 35.5. The third-order valence-corrected chi connectivity index (χ3v) is 4.08. The number of nitrogens with zero attached hydrogens (tertiary/aromatic N) is 3. The minimum Gasteiger partial charge on any atom is -0.382 e. The molecule has 1 unspecified atom stereocenters. The maximum absolute atomic E-state index is 12.4. The summed E-state index contributed by atoms with van der Waals surface area (Å²) in [5.41, 5.74) is 0.612. The minimum absolute atomic E-state index is 0.258. The molecule has 23 heavy (non-hydrogen) atoms. The molecule has 1 atom stereocenters. The number of hydrogen-bond acceptors (Lipinski definition) is 5. The number of nitrogens with one attached hydrogen (secondary N) is 2. The number of carbonyl (C=O) groups excluding carboxylic acids is 1. The fraction of sp³-hybridized carbons (Fsp3) is 0.400. The number of aromatic nitrogens is 3. The Labute approximate surface area is 139 Å². The Morgan fingerprint density at radius 2 is 2.26 bits per heavy atom. The molecule has 7 nitrogen and oxygen atoms in total. The lowest BCUT2D eigenvalue weighted by atomic mass is 9.99. The van der Waals surface area contributed by atoms with E-state index in [0.29, 0.717) is 18.2 Å². The molecule has 0 aliphatic carbocycles. The van der Waals surface area contributed by atoms with E-state index >= 15 is 0 Å². The van der Waals surface area contributed by atoms with Gasteiger partial charge in [0.2, 0.25) is 0 Å². The molecule has 1 aliphatic heterocycles. The van der Waals surface area contributed by atoms with Crippen LogP contribution in [0.5, 0.6) is 0 Å². The third-order valence-electron chi connectivity index (χ3n) is 3.83. The summed E-state index contributed by atoms with van der Waals surface area (Å²) in [6.45, 7) is 1.98. The topological polar surface area (TPSA) is 81.1 Å². The van der Waals surface area contributed by atoms with Gasteiger partial charge in [0.1, 0.15) is 0 Å². The summed E-state index contributed by atoms with van der Waals surface area (Å²) in [4.78, 5) is 13.9. The summed E-state index contributed by atoms with van der Waals surface area (Å²) in [6.07, 6.45) is 2.27. The van der Waals surface area contributed by atoms with Gasteiger partial charge in [0.15, 0.2) is 5.69 Å². The summed E-state index contributed by atoms with van der Waals surface area (Å²) in [6, 6.07) is 7.07. The van der Waals surface area contributed by atoms with Gasteiger partial charge in [-0.1, -0.05) is 11.6 Å². The van der Waals surface area contributed by atoms with Crippen LogP contribution in [0.25, 0.3) is 5.69 Å². The Kier molecular flexibility index (Phi) is 4.61. The van der Waals surface area contributed by atoms with Crippen molar-refractivity contribution in [2.24, 2.45) is 0 Å². The van der Waals surface area contributed by atoms with Gasteiger partial charge in [-0.05, 0) is 37.2 Å². The maximum Gasteiger partial charge on any atom is 0.274 e. The molecule has 8 heteroatoms. The zero-order chi connectivity index (χ0) is 16.3. The van der Waals surface area contributed by atoms with E-state index in [1.165, 1.54) is 11.0 Å². The summed E-state index contributed by atoms with van der Waals surface area (Å²) in [5, 5.41) is 15.3. The SMILES string of the molecule is COCC1(NC(=O)c2cnn(-c3ccc(Cl)cc3)n2)CCNC1. The van der Waals surface area contributed by atoms with Gasteiger partial charge in [0.25, 0.3) is 5.91 Å². The largest absolute Gasteiger partial charge is 0.382 e. The van der Waals surface area contributed by atoms with Crippen LogP contribution in [0.3, 0.4) is 0 Å². The molecule has 3 rings (SSSR count). The van der Waals surface area contributed by atoms with E-state index < -0.39 is 5.54 Å². The number of carbonyl (C=O) groups is 1. The highest BCUT2D eigenvalue weighted by molar-refractivity contribution is 6.30. The van der Waals surface area contributed by atoms with Crippen molar-refractivity contribution < 1.29 is 9.53 Å². The quantitative estimate of drug-likeness (QED) is 0.853. The fourth-order valence-corrected chi connectivity index (χ4v) is 2.78. The average molecular weight is 336 g/mol. The molecule has 1 aliphatic rings. The first-order valence-corrected chi connectivity index (χ1v) is 7.70. The van der Waals surface area contributed by atoms with E-state index in [2.05, 4.69) is 20.8 Å². The fourth-order valence-electron chi connectivity index (χ4n) is 2.66. The summed E-state index contributed by atoms with van der Waals surface area (Å²) >= 11 is 5.86. The number of methoxy groups -OCH3 is 1. The van der Waals surface area contributed by atoms with Crippen molar-refractivity contribution in [3.05, 3.63) is 41.2 Å². The molecule has 122 valence electrons. The molecule has 1 aromatic carbocycles. The molecule has 0 saturated carbocycles. The van der Waals surface area contributed by atoms with E-state index in [-0.39, 0.29) is 11.6 Å². The number of benzene rings is 1. The zero-order valence-electron chi connectivity index (χ0n) is 12.8. The molecule has 0 bridgehead atoms. The van der Waals surface area contributed by atoms with Crippen molar-refractivity contribution in [1.82, 2.24) is 25.6 Å². The first-order chi connectivity index (χ1) is 11.1. The molecular formula is C15H18ClN5O2. The van der Waals surface area contributed by atoms with Crippen LogP contribution >= 0.6 is 11.6 Å². The van der Waals surface area contributed by atoms with Gasteiger partial charge in [-0.25, -0.2) is 0 Å². The Morgan fingerprint density at radius 3 is 2.91 bits per heavy atom. The molecule has 2 heterocycles. The lowest BCUT2D eigenvalue weighted by Crippen LogP contribution is -2.53. The van der Waals surface area contributed by atoms with Crippen molar-refractivity contribution in [3.63, 3.8) is 0 Å². The molecule has 1 amide bonds. The number of hydrogen-bond donors (Lipinski definition) is 2. The lowest BCUT2D eigenvalue weighted by molar-refractivity contribution is 0.0786. The first kappa shape index (κ1) is 15.9. The first-order valence-electron chi connectivity index (χ1n) is 7.32. The number of rotatable bonds is 5. The van der Waals surface area contributed by atoms with E-state index in [4.69, 9.17) is 16.3 Å². The Balaban J connectivity index is 1.74. The van der Waals surface area contributed by atoms with E-state index in [1.54, 1.807) is 31.4 Å². The Bertz CT molecular complexity index is 679. The van der Waals surface area contributed by atoms with Gasteiger partial charge in [-0.2, -0.15) is 9.90 Å². The normalized spacial score (nSPS) is 20.6. The number of ether oxygens (including phenoxy) is 1. The van der Waals surface area contributed by atoms with Crippen LogP contribution in [0, 0.1) is 0 Å². The maximum atomic E-state index is 12.4. The van der Waals surface area contributed by atoms with Gasteiger partial charge in [0, 0.05) is 18.7 Å². The molecule has 1 saturated heterocycles. The second-order valence-electron chi connectivity index (χ2n) is 5.59. The van der Waals surface area contributed by atoms with Gasteiger partial charge >= 0.3 is 0 Å². The van der Waals surface area contributed by atoms with Crippen LogP contribution in [-0.4, -0.2) is 53.2 Å². The molecule has 2 aromatic rings. The summed E-state index contributed by atoms with van der Waals surface area (Å²) in [5.74, 6) is -0.258. The van der Waals surface area contributed by atoms with Crippen molar-refractivity contribution in [2.45, 2.75) is 12.0 Å². The van der Waals surface area contributed by atoms with Crippen LogP contribution in [0.15, 0.2) is 30.5 Å². The van der Waals surface area contributed by atoms with Crippen molar-refractivity contribution >= 4 is 17.5 Å². The predicted molar refractivity (Wildman–Crippen MR) is 85.9 cm³/mol. The van der Waals surface area contributed by atoms with Crippen molar-refractivity contribution in [3.8, 4) is 5.69 Å². The lowest BCUT2D eigenvalue weighted by Gasteiger charge is -2.28. The molecule has 0 spiro atoms. The second kappa shape index (κ2) is 6.66. The average Bonchev–Trinajstić information content (AvgIpc) is 3.18. The molecule has 2 N–H and O–H groups in total. The Hall–Kier alpha value is -1.96. The van der Waals surface area contributed by atoms with Crippen LogP contribution < -0.4 is 10.6 Å². The molecule has 1 aromatic heterocycles. The van der Waals surface area contributed by atoms with Crippen molar-refractivity contribution in [1.29, 1.82) is 0 Å². The monoisotopic (exact) mass is 335 g/mol. The van der Waals surface area contributed by atoms with Gasteiger partial charge in [-0.15, -0.1) is 5.10 Å². The molecule has 1 fully saturated rings. The number of amides is 1. The van der Waals surface area contributed by atoms with Crippen molar-refractivity contribution in [2.75, 3.05) is 26.8 Å². The molecule has 0 radical (unpaired) electrons. The summed E-state index contributed by atoms with van der Waals surface area (Å²) in [7, 11) is 1.63. The third kappa shape index (κ3) is 3.52. The number of halogens is 1. The predicted octanol–water partition coefficient (Wildman–Crippen LogP) is 1.03. The van der Waals surface area contributed by atoms with E-state index in [1.807, 2.05) is 0 Å². The second-order valence-corrected chi connectivity index (χ2v) is 6.03. The van der Waals surface area contributed by atoms with Crippen LogP contribution in [0.4, 0.5) is 0 Å². The minimum atomic E-state index is -0.393. The highest BCUT2D eigenvalue weighted by Crippen LogP contribution is 2.16. The van der Waals surface area contributed by atoms with Crippen LogP contribution in [0.1, 0.15) is 16.9 Å².